The van der Waals surface area contributed by atoms with Gasteiger partial charge in [-0.15, -0.1) is 0 Å². The lowest BCUT2D eigenvalue weighted by Crippen LogP contribution is -2.36. The van der Waals surface area contributed by atoms with Crippen LogP contribution in [-0.4, -0.2) is 37.6 Å². The first-order valence-corrected chi connectivity index (χ1v) is 5.94. The Kier molecular flexibility index (Phi) is 5.77. The van der Waals surface area contributed by atoms with Gasteiger partial charge in [0.2, 0.25) is 6.54 Å². The molecular formula is C13H14FNO6. The number of rotatable bonds is 6. The average molecular weight is 299 g/mol. The monoisotopic (exact) mass is 299 g/mol. The van der Waals surface area contributed by atoms with Gasteiger partial charge in [-0.1, -0.05) is 18.2 Å². The SMILES string of the molecule is COC(=O)C(C(=O)OC)C(C[N+](=O)[O-])c1ccccc1F. The Morgan fingerprint density at radius 2 is 1.76 bits per heavy atom. The van der Waals surface area contributed by atoms with Gasteiger partial charge in [0, 0.05) is 4.92 Å². The number of hydrogen-bond acceptors (Lipinski definition) is 6. The molecular weight excluding hydrogens is 285 g/mol. The molecule has 7 nitrogen and oxygen atoms in total. The van der Waals surface area contributed by atoms with Gasteiger partial charge in [-0.25, -0.2) is 4.39 Å². The second kappa shape index (κ2) is 7.32. The van der Waals surface area contributed by atoms with Crippen LogP contribution in [0.3, 0.4) is 0 Å². The van der Waals surface area contributed by atoms with Crippen molar-refractivity contribution in [3.8, 4) is 0 Å². The highest BCUT2D eigenvalue weighted by Crippen LogP contribution is 2.29. The molecule has 0 aliphatic carbocycles. The summed E-state index contributed by atoms with van der Waals surface area (Å²) in [4.78, 5) is 33.6. The number of carbonyl (C=O) groups is 2. The van der Waals surface area contributed by atoms with E-state index in [0.717, 1.165) is 20.3 Å². The standard InChI is InChI=1S/C13H14FNO6/c1-20-12(16)11(13(17)21-2)9(7-15(18)19)8-5-3-4-6-10(8)14/h3-6,9,11H,7H2,1-2H3. The highest BCUT2D eigenvalue weighted by molar-refractivity contribution is 5.96. The van der Waals surface area contributed by atoms with Crippen LogP contribution in [0.1, 0.15) is 11.5 Å². The quantitative estimate of drug-likeness (QED) is 0.338. The fourth-order valence-electron chi connectivity index (χ4n) is 2.00. The highest BCUT2D eigenvalue weighted by atomic mass is 19.1. The van der Waals surface area contributed by atoms with E-state index in [1.54, 1.807) is 0 Å². The lowest BCUT2D eigenvalue weighted by Gasteiger charge is -2.20. The summed E-state index contributed by atoms with van der Waals surface area (Å²) in [5, 5.41) is 10.8. The maximum absolute atomic E-state index is 13.9. The molecule has 114 valence electrons. The maximum atomic E-state index is 13.9. The first-order valence-electron chi connectivity index (χ1n) is 5.94. The van der Waals surface area contributed by atoms with Crippen molar-refractivity contribution >= 4 is 11.9 Å². The van der Waals surface area contributed by atoms with Gasteiger partial charge in [0.05, 0.1) is 20.1 Å². The van der Waals surface area contributed by atoms with E-state index in [4.69, 9.17) is 0 Å². The lowest BCUT2D eigenvalue weighted by atomic mass is 9.85. The molecule has 0 saturated heterocycles. The maximum Gasteiger partial charge on any atom is 0.320 e. The predicted octanol–water partition coefficient (Wildman–Crippen LogP) is 1.15. The zero-order chi connectivity index (χ0) is 16.0. The van der Waals surface area contributed by atoms with Crippen molar-refractivity contribution in [3.63, 3.8) is 0 Å². The fraction of sp³-hybridized carbons (Fsp3) is 0.385. The smallest absolute Gasteiger partial charge is 0.320 e. The number of esters is 2. The molecule has 8 heteroatoms. The second-order valence-electron chi connectivity index (χ2n) is 4.17. The van der Waals surface area contributed by atoms with E-state index in [2.05, 4.69) is 9.47 Å². The van der Waals surface area contributed by atoms with Crippen LogP contribution < -0.4 is 0 Å². The molecule has 0 bridgehead atoms. The molecule has 0 N–H and O–H groups in total. The van der Waals surface area contributed by atoms with Crippen molar-refractivity contribution in [2.24, 2.45) is 5.92 Å². The van der Waals surface area contributed by atoms with Gasteiger partial charge in [0.1, 0.15) is 5.82 Å². The third-order valence-electron chi connectivity index (χ3n) is 2.96. The third kappa shape index (κ3) is 3.98. The van der Waals surface area contributed by atoms with Gasteiger partial charge in [-0.3, -0.25) is 19.7 Å². The van der Waals surface area contributed by atoms with E-state index in [9.17, 15) is 24.1 Å². The number of hydrogen-bond donors (Lipinski definition) is 0. The number of benzene rings is 1. The van der Waals surface area contributed by atoms with Crippen LogP contribution in [0.25, 0.3) is 0 Å². The van der Waals surface area contributed by atoms with Gasteiger partial charge in [-0.05, 0) is 11.6 Å². The van der Waals surface area contributed by atoms with Crippen molar-refractivity contribution in [2.75, 3.05) is 20.8 Å². The summed E-state index contributed by atoms with van der Waals surface area (Å²) in [6.45, 7) is -0.810. The van der Waals surface area contributed by atoms with Crippen LogP contribution in [-0.2, 0) is 19.1 Å². The van der Waals surface area contributed by atoms with Gasteiger partial charge in [-0.2, -0.15) is 0 Å². The highest BCUT2D eigenvalue weighted by Gasteiger charge is 2.41. The van der Waals surface area contributed by atoms with E-state index in [-0.39, 0.29) is 5.56 Å². The normalized spacial score (nSPS) is 11.8. The summed E-state index contributed by atoms with van der Waals surface area (Å²) < 4.78 is 22.8. The van der Waals surface area contributed by atoms with Crippen molar-refractivity contribution < 1.29 is 28.4 Å². The summed E-state index contributed by atoms with van der Waals surface area (Å²) in [6, 6.07) is 5.22. The fourth-order valence-corrected chi connectivity index (χ4v) is 2.00. The van der Waals surface area contributed by atoms with Gasteiger partial charge >= 0.3 is 11.9 Å². The Hall–Kier alpha value is -2.51. The molecule has 0 amide bonds. The van der Waals surface area contributed by atoms with E-state index in [0.29, 0.717) is 0 Å². The second-order valence-corrected chi connectivity index (χ2v) is 4.17. The van der Waals surface area contributed by atoms with Crippen LogP contribution >= 0.6 is 0 Å². The summed E-state index contributed by atoms with van der Waals surface area (Å²) in [6.07, 6.45) is 0. The van der Waals surface area contributed by atoms with Crippen LogP contribution in [0.2, 0.25) is 0 Å². The Bertz CT molecular complexity index is 531. The Balaban J connectivity index is 3.33. The zero-order valence-corrected chi connectivity index (χ0v) is 11.4. The van der Waals surface area contributed by atoms with Crippen LogP contribution in [0.15, 0.2) is 24.3 Å². The minimum Gasteiger partial charge on any atom is -0.468 e. The Labute approximate surface area is 119 Å². The molecule has 0 aliphatic heterocycles. The van der Waals surface area contributed by atoms with Crippen molar-refractivity contribution in [2.45, 2.75) is 5.92 Å². The molecule has 0 radical (unpaired) electrons. The van der Waals surface area contributed by atoms with Crippen molar-refractivity contribution in [1.29, 1.82) is 0 Å². The van der Waals surface area contributed by atoms with Crippen molar-refractivity contribution in [3.05, 3.63) is 45.8 Å². The Morgan fingerprint density at radius 1 is 1.24 bits per heavy atom. The summed E-state index contributed by atoms with van der Waals surface area (Å²) in [5.74, 6) is -5.71. The number of carbonyl (C=O) groups excluding carboxylic acids is 2. The zero-order valence-electron chi connectivity index (χ0n) is 11.4. The molecule has 0 aromatic heterocycles. The molecule has 1 aromatic rings. The number of nitrogens with zero attached hydrogens (tertiary/aromatic N) is 1. The molecule has 21 heavy (non-hydrogen) atoms. The first kappa shape index (κ1) is 16.5. The molecule has 0 fully saturated rings. The van der Waals surface area contributed by atoms with Crippen molar-refractivity contribution in [1.82, 2.24) is 0 Å². The minimum atomic E-state index is -1.61. The van der Waals surface area contributed by atoms with Crippen LogP contribution in [0, 0.1) is 21.8 Å². The lowest BCUT2D eigenvalue weighted by molar-refractivity contribution is -0.484. The largest absolute Gasteiger partial charge is 0.468 e. The van der Waals surface area contributed by atoms with E-state index >= 15 is 0 Å². The molecule has 0 heterocycles. The number of halogens is 1. The summed E-state index contributed by atoms with van der Waals surface area (Å²) in [7, 11) is 2.06. The Morgan fingerprint density at radius 3 is 2.19 bits per heavy atom. The molecule has 0 aliphatic rings. The number of ether oxygens (including phenoxy) is 2. The van der Waals surface area contributed by atoms with Gasteiger partial charge in [0.25, 0.3) is 0 Å². The summed E-state index contributed by atoms with van der Waals surface area (Å²) in [5.41, 5.74) is -0.116. The molecule has 1 atom stereocenters. The average Bonchev–Trinajstić information content (AvgIpc) is 2.46. The third-order valence-corrected chi connectivity index (χ3v) is 2.96. The number of nitro groups is 1. The van der Waals surface area contributed by atoms with Gasteiger partial charge in [0.15, 0.2) is 5.92 Å². The minimum absolute atomic E-state index is 0.116. The predicted molar refractivity (Wildman–Crippen MR) is 68.5 cm³/mol. The molecule has 0 spiro atoms. The summed E-state index contributed by atoms with van der Waals surface area (Å²) >= 11 is 0. The van der Waals surface area contributed by atoms with Crippen LogP contribution in [0.4, 0.5) is 4.39 Å². The van der Waals surface area contributed by atoms with E-state index in [1.165, 1.54) is 18.2 Å². The topological polar surface area (TPSA) is 95.7 Å². The van der Waals surface area contributed by atoms with E-state index in [1.807, 2.05) is 0 Å². The first-order chi connectivity index (χ1) is 9.92. The molecule has 1 unspecified atom stereocenters. The molecule has 1 aromatic carbocycles. The van der Waals surface area contributed by atoms with Gasteiger partial charge < -0.3 is 9.47 Å². The van der Waals surface area contributed by atoms with E-state index < -0.39 is 41.1 Å². The molecule has 0 saturated carbocycles. The number of methoxy groups -OCH3 is 2. The van der Waals surface area contributed by atoms with Crippen LogP contribution in [0.5, 0.6) is 0 Å². The molecule has 1 rings (SSSR count).